The van der Waals surface area contributed by atoms with Gasteiger partial charge in [-0.1, -0.05) is 17.7 Å². The second-order valence-electron chi connectivity index (χ2n) is 7.19. The van der Waals surface area contributed by atoms with E-state index in [0.717, 1.165) is 0 Å². The summed E-state index contributed by atoms with van der Waals surface area (Å²) < 4.78 is 0. The lowest BCUT2D eigenvalue weighted by molar-refractivity contribution is -0.136. The van der Waals surface area contributed by atoms with E-state index < -0.39 is 29.8 Å². The molecule has 2 heterocycles. The highest BCUT2D eigenvalue weighted by atomic mass is 35.5. The molecule has 1 saturated heterocycles. The SMILES string of the molecule is O=C1CCC(N2Cc3ccc(C(=O)NC(=O)Nc4ccc(Cl)cc4)cc3C2=O)C(=O)N1. The summed E-state index contributed by atoms with van der Waals surface area (Å²) in [5.41, 5.74) is 1.54. The minimum absolute atomic E-state index is 0.128. The monoisotopic (exact) mass is 440 g/mol. The molecule has 2 aromatic carbocycles. The van der Waals surface area contributed by atoms with Gasteiger partial charge in [0.15, 0.2) is 0 Å². The fraction of sp³-hybridized carbons (Fsp3) is 0.190. The van der Waals surface area contributed by atoms with Gasteiger partial charge in [-0.2, -0.15) is 0 Å². The van der Waals surface area contributed by atoms with Gasteiger partial charge in [0.2, 0.25) is 11.8 Å². The van der Waals surface area contributed by atoms with Gasteiger partial charge in [-0.3, -0.25) is 29.8 Å². The molecular weight excluding hydrogens is 424 g/mol. The number of piperidine rings is 1. The highest BCUT2D eigenvalue weighted by molar-refractivity contribution is 6.30. The molecule has 0 radical (unpaired) electrons. The zero-order valence-electron chi connectivity index (χ0n) is 16.1. The van der Waals surface area contributed by atoms with Crippen molar-refractivity contribution in [1.29, 1.82) is 0 Å². The maximum atomic E-state index is 12.8. The largest absolute Gasteiger partial charge is 0.326 e. The zero-order valence-corrected chi connectivity index (χ0v) is 16.9. The van der Waals surface area contributed by atoms with Crippen LogP contribution in [-0.2, 0) is 16.1 Å². The molecule has 31 heavy (non-hydrogen) atoms. The lowest BCUT2D eigenvalue weighted by Crippen LogP contribution is -2.52. The van der Waals surface area contributed by atoms with Gasteiger partial charge in [0, 0.05) is 34.8 Å². The number of amides is 6. The van der Waals surface area contributed by atoms with Gasteiger partial charge in [0.25, 0.3) is 11.8 Å². The van der Waals surface area contributed by atoms with Crippen LogP contribution in [-0.4, -0.2) is 40.6 Å². The van der Waals surface area contributed by atoms with Crippen molar-refractivity contribution in [3.05, 3.63) is 64.2 Å². The van der Waals surface area contributed by atoms with Crippen LogP contribution in [0, 0.1) is 0 Å². The standard InChI is InChI=1S/C21H17ClN4O5/c22-13-3-5-14(6-4-13)23-21(31)25-18(28)11-1-2-12-10-26(20(30)15(12)9-11)16-7-8-17(27)24-19(16)29/h1-6,9,16H,7-8,10H2,(H,24,27,29)(H2,23,25,28,31). The molecule has 2 aliphatic rings. The van der Waals surface area contributed by atoms with Crippen LogP contribution in [0.5, 0.6) is 0 Å². The van der Waals surface area contributed by atoms with Gasteiger partial charge < -0.3 is 10.2 Å². The Hall–Kier alpha value is -3.72. The number of anilines is 1. The molecule has 9 nitrogen and oxygen atoms in total. The van der Waals surface area contributed by atoms with Crippen molar-refractivity contribution in [1.82, 2.24) is 15.5 Å². The number of nitrogens with one attached hydrogen (secondary N) is 3. The van der Waals surface area contributed by atoms with Crippen LogP contribution in [0.1, 0.15) is 39.1 Å². The second-order valence-corrected chi connectivity index (χ2v) is 7.62. The first kappa shape index (κ1) is 20.5. The van der Waals surface area contributed by atoms with Crippen molar-refractivity contribution in [3.8, 4) is 0 Å². The molecule has 0 bridgehead atoms. The first-order valence-electron chi connectivity index (χ1n) is 9.47. The molecule has 10 heteroatoms. The van der Waals surface area contributed by atoms with E-state index in [1.165, 1.54) is 17.0 Å². The number of rotatable bonds is 3. The number of imide groups is 2. The van der Waals surface area contributed by atoms with Crippen LogP contribution < -0.4 is 16.0 Å². The second kappa shape index (κ2) is 8.19. The van der Waals surface area contributed by atoms with Crippen LogP contribution in [0.25, 0.3) is 0 Å². The summed E-state index contributed by atoms with van der Waals surface area (Å²) in [6, 6.07) is 9.42. The lowest BCUT2D eigenvalue weighted by atomic mass is 10.0. The van der Waals surface area contributed by atoms with Crippen molar-refractivity contribution in [2.24, 2.45) is 0 Å². The molecule has 6 amide bonds. The number of carbonyl (C=O) groups is 5. The van der Waals surface area contributed by atoms with Crippen LogP contribution in [0.3, 0.4) is 0 Å². The van der Waals surface area contributed by atoms with E-state index in [2.05, 4.69) is 16.0 Å². The third kappa shape index (κ3) is 4.26. The minimum Gasteiger partial charge on any atom is -0.322 e. The highest BCUT2D eigenvalue weighted by Gasteiger charge is 2.39. The van der Waals surface area contributed by atoms with Crippen molar-refractivity contribution >= 4 is 46.9 Å². The Labute approximate surface area is 181 Å². The summed E-state index contributed by atoms with van der Waals surface area (Å²) >= 11 is 5.79. The smallest absolute Gasteiger partial charge is 0.322 e. The maximum Gasteiger partial charge on any atom is 0.326 e. The van der Waals surface area contributed by atoms with E-state index in [9.17, 15) is 24.0 Å². The molecule has 1 atom stereocenters. The average Bonchev–Trinajstić information content (AvgIpc) is 3.05. The molecule has 1 unspecified atom stereocenters. The van der Waals surface area contributed by atoms with E-state index in [1.807, 2.05) is 0 Å². The molecule has 0 spiro atoms. The Morgan fingerprint density at radius 3 is 2.52 bits per heavy atom. The molecule has 2 aliphatic heterocycles. The van der Waals surface area contributed by atoms with E-state index in [1.54, 1.807) is 30.3 Å². The van der Waals surface area contributed by atoms with Gasteiger partial charge in [-0.25, -0.2) is 4.79 Å². The van der Waals surface area contributed by atoms with Gasteiger partial charge >= 0.3 is 6.03 Å². The fourth-order valence-electron chi connectivity index (χ4n) is 3.57. The quantitative estimate of drug-likeness (QED) is 0.630. The van der Waals surface area contributed by atoms with Crippen LogP contribution in [0.15, 0.2) is 42.5 Å². The first-order valence-corrected chi connectivity index (χ1v) is 9.85. The van der Waals surface area contributed by atoms with Gasteiger partial charge in [-0.15, -0.1) is 0 Å². The lowest BCUT2D eigenvalue weighted by Gasteiger charge is -2.29. The maximum absolute atomic E-state index is 12.8. The summed E-state index contributed by atoms with van der Waals surface area (Å²) in [5, 5.41) is 7.47. The predicted molar refractivity (Wildman–Crippen MR) is 110 cm³/mol. The Morgan fingerprint density at radius 2 is 1.81 bits per heavy atom. The third-order valence-electron chi connectivity index (χ3n) is 5.12. The molecule has 3 N–H and O–H groups in total. The number of carbonyl (C=O) groups excluding carboxylic acids is 5. The molecular formula is C21H17ClN4O5. The van der Waals surface area contributed by atoms with E-state index in [0.29, 0.717) is 16.3 Å². The average molecular weight is 441 g/mol. The van der Waals surface area contributed by atoms with Gasteiger partial charge in [0.05, 0.1) is 0 Å². The molecule has 0 aromatic heterocycles. The summed E-state index contributed by atoms with van der Waals surface area (Å²) in [4.78, 5) is 62.2. The Bertz CT molecular complexity index is 1120. The van der Waals surface area contributed by atoms with Crippen LogP contribution in [0.4, 0.5) is 10.5 Å². The number of benzene rings is 2. The molecule has 1 fully saturated rings. The van der Waals surface area contributed by atoms with Crippen LogP contribution >= 0.6 is 11.6 Å². The van der Waals surface area contributed by atoms with E-state index in [-0.39, 0.29) is 36.4 Å². The number of fused-ring (bicyclic) bond motifs is 1. The Kier molecular flexibility index (Phi) is 5.43. The first-order chi connectivity index (χ1) is 14.8. The highest BCUT2D eigenvalue weighted by Crippen LogP contribution is 2.28. The van der Waals surface area contributed by atoms with Gasteiger partial charge in [0.1, 0.15) is 6.04 Å². The number of hydrogen-bond donors (Lipinski definition) is 3. The van der Waals surface area contributed by atoms with Crippen molar-refractivity contribution in [2.45, 2.75) is 25.4 Å². The Morgan fingerprint density at radius 1 is 1.06 bits per heavy atom. The molecule has 2 aromatic rings. The molecule has 158 valence electrons. The summed E-state index contributed by atoms with van der Waals surface area (Å²) in [5.74, 6) is -1.94. The fourth-order valence-corrected chi connectivity index (χ4v) is 3.69. The molecule has 0 saturated carbocycles. The van der Waals surface area contributed by atoms with E-state index >= 15 is 0 Å². The van der Waals surface area contributed by atoms with Gasteiger partial charge in [-0.05, 0) is 48.4 Å². The summed E-state index contributed by atoms with van der Waals surface area (Å²) in [7, 11) is 0. The Balaban J connectivity index is 1.44. The number of urea groups is 1. The van der Waals surface area contributed by atoms with Crippen LogP contribution in [0.2, 0.25) is 5.02 Å². The zero-order chi connectivity index (χ0) is 22.1. The number of hydrogen-bond acceptors (Lipinski definition) is 5. The van der Waals surface area contributed by atoms with Crippen molar-refractivity contribution < 1.29 is 24.0 Å². The number of nitrogens with zero attached hydrogens (tertiary/aromatic N) is 1. The number of halogens is 1. The summed E-state index contributed by atoms with van der Waals surface area (Å²) in [6.07, 6.45) is 0.412. The molecule has 4 rings (SSSR count). The summed E-state index contributed by atoms with van der Waals surface area (Å²) in [6.45, 7) is 0.208. The normalized spacial score (nSPS) is 17.8. The molecule has 0 aliphatic carbocycles. The van der Waals surface area contributed by atoms with Crippen molar-refractivity contribution in [3.63, 3.8) is 0 Å². The van der Waals surface area contributed by atoms with Crippen molar-refractivity contribution in [2.75, 3.05) is 5.32 Å². The van der Waals surface area contributed by atoms with E-state index in [4.69, 9.17) is 11.6 Å². The predicted octanol–water partition coefficient (Wildman–Crippen LogP) is 2.06. The third-order valence-corrected chi connectivity index (χ3v) is 5.37. The topological polar surface area (TPSA) is 125 Å². The minimum atomic E-state index is -0.736.